The van der Waals surface area contributed by atoms with Crippen molar-refractivity contribution in [1.29, 1.82) is 0 Å². The maximum atomic E-state index is 13.7. The second kappa shape index (κ2) is 6.44. The molecule has 2 fully saturated rings. The molecule has 2 aliphatic carbocycles. The summed E-state index contributed by atoms with van der Waals surface area (Å²) in [6.07, 6.45) is 5.44. The molecular formula is C18H16F2N4O2. The monoisotopic (exact) mass is 358 g/mol. The molecule has 1 heterocycles. The normalized spacial score (nSPS) is 21.2. The van der Waals surface area contributed by atoms with Crippen LogP contribution in [0.1, 0.15) is 42.5 Å². The fourth-order valence-electron chi connectivity index (χ4n) is 2.92. The van der Waals surface area contributed by atoms with Gasteiger partial charge in [-0.15, -0.1) is 0 Å². The number of nitrogens with zero attached hydrogens (tertiary/aromatic N) is 2. The van der Waals surface area contributed by atoms with E-state index in [4.69, 9.17) is 0 Å². The van der Waals surface area contributed by atoms with E-state index < -0.39 is 35.4 Å². The number of aromatic nitrogens is 2. The molecule has 0 aliphatic heterocycles. The van der Waals surface area contributed by atoms with Gasteiger partial charge in [0, 0.05) is 23.4 Å². The van der Waals surface area contributed by atoms with Crippen LogP contribution in [0.3, 0.4) is 0 Å². The van der Waals surface area contributed by atoms with E-state index in [0.29, 0.717) is 18.0 Å². The summed E-state index contributed by atoms with van der Waals surface area (Å²) in [5.74, 6) is -2.36. The second-order valence-corrected chi connectivity index (χ2v) is 6.62. The van der Waals surface area contributed by atoms with Crippen molar-refractivity contribution in [3.63, 3.8) is 0 Å². The summed E-state index contributed by atoms with van der Waals surface area (Å²) in [6, 6.07) is 3.17. The minimum Gasteiger partial charge on any atom is -0.344 e. The van der Waals surface area contributed by atoms with Crippen molar-refractivity contribution in [2.45, 2.75) is 37.1 Å². The van der Waals surface area contributed by atoms with Gasteiger partial charge in [-0.25, -0.2) is 18.7 Å². The zero-order chi connectivity index (χ0) is 18.3. The number of hydrogen-bond acceptors (Lipinski definition) is 4. The first-order chi connectivity index (χ1) is 12.5. The van der Waals surface area contributed by atoms with E-state index >= 15 is 0 Å². The number of halogens is 2. The molecule has 2 saturated carbocycles. The first kappa shape index (κ1) is 16.6. The largest absolute Gasteiger partial charge is 0.344 e. The molecule has 134 valence electrons. The molecular weight excluding hydrogens is 342 g/mol. The maximum absolute atomic E-state index is 13.7. The highest BCUT2D eigenvalue weighted by Crippen LogP contribution is 2.43. The Morgan fingerprint density at radius 1 is 1.04 bits per heavy atom. The van der Waals surface area contributed by atoms with Gasteiger partial charge in [-0.1, -0.05) is 6.07 Å². The molecule has 8 heteroatoms. The van der Waals surface area contributed by atoms with E-state index in [-0.39, 0.29) is 5.56 Å². The Bertz CT molecular complexity index is 848. The lowest BCUT2D eigenvalue weighted by Crippen LogP contribution is -2.37. The smallest absolute Gasteiger partial charge is 0.313 e. The minimum absolute atomic E-state index is 0.0535. The summed E-state index contributed by atoms with van der Waals surface area (Å²) in [7, 11) is 0. The Morgan fingerprint density at radius 2 is 1.69 bits per heavy atom. The van der Waals surface area contributed by atoms with Gasteiger partial charge in [-0.2, -0.15) is 0 Å². The lowest BCUT2D eigenvalue weighted by Gasteiger charge is -2.07. The van der Waals surface area contributed by atoms with E-state index in [9.17, 15) is 18.4 Å². The van der Waals surface area contributed by atoms with Gasteiger partial charge >= 0.3 is 11.8 Å². The summed E-state index contributed by atoms with van der Waals surface area (Å²) in [5, 5.41) is 4.91. The third-order valence-electron chi connectivity index (χ3n) is 4.56. The quantitative estimate of drug-likeness (QED) is 0.821. The third kappa shape index (κ3) is 3.40. The van der Waals surface area contributed by atoms with Crippen LogP contribution in [-0.2, 0) is 9.59 Å². The van der Waals surface area contributed by atoms with Crippen LogP contribution in [0.2, 0.25) is 0 Å². The number of hydrogen-bond donors (Lipinski definition) is 2. The Hall–Kier alpha value is -2.90. The van der Waals surface area contributed by atoms with E-state index in [1.165, 1.54) is 30.6 Å². The zero-order valence-electron chi connectivity index (χ0n) is 13.7. The van der Waals surface area contributed by atoms with Crippen LogP contribution in [0.25, 0.3) is 0 Å². The van der Waals surface area contributed by atoms with E-state index in [2.05, 4.69) is 20.6 Å². The van der Waals surface area contributed by atoms with Crippen LogP contribution in [0, 0.1) is 11.6 Å². The molecule has 0 bridgehead atoms. The highest BCUT2D eigenvalue weighted by Gasteiger charge is 2.43. The fourth-order valence-corrected chi connectivity index (χ4v) is 2.92. The van der Waals surface area contributed by atoms with Crippen molar-refractivity contribution in [2.75, 3.05) is 5.32 Å². The summed E-state index contributed by atoms with van der Waals surface area (Å²) < 4.78 is 27.5. The predicted molar refractivity (Wildman–Crippen MR) is 88.3 cm³/mol. The topological polar surface area (TPSA) is 84.0 Å². The number of benzene rings is 1. The van der Waals surface area contributed by atoms with Crippen LogP contribution >= 0.6 is 0 Å². The number of rotatable bonds is 4. The predicted octanol–water partition coefficient (Wildman–Crippen LogP) is 2.24. The standard InChI is InChI=1S/C18H16F2N4O2/c19-12-2-1-3-13(20)15(12)11-6-14(11)24-18(26)17(25)23-10-7-21-16(22-8-10)9-4-5-9/h1-3,7-9,11,14H,4-6H2,(H,23,25)(H,24,26)/t11-,14-/m1/s1. The molecule has 0 radical (unpaired) electrons. The van der Waals surface area contributed by atoms with E-state index in [0.717, 1.165) is 18.7 Å². The van der Waals surface area contributed by atoms with Crippen molar-refractivity contribution >= 4 is 17.5 Å². The maximum Gasteiger partial charge on any atom is 0.313 e. The van der Waals surface area contributed by atoms with Gasteiger partial charge in [0.2, 0.25) is 0 Å². The molecule has 0 saturated heterocycles. The molecule has 2 aliphatic rings. The van der Waals surface area contributed by atoms with Crippen LogP contribution in [0.15, 0.2) is 30.6 Å². The van der Waals surface area contributed by atoms with Crippen molar-refractivity contribution in [3.05, 3.63) is 53.6 Å². The molecule has 2 aromatic rings. The van der Waals surface area contributed by atoms with Gasteiger partial charge in [0.15, 0.2) is 0 Å². The lowest BCUT2D eigenvalue weighted by molar-refractivity contribution is -0.136. The number of carbonyl (C=O) groups excluding carboxylic acids is 2. The van der Waals surface area contributed by atoms with Gasteiger partial charge < -0.3 is 10.6 Å². The van der Waals surface area contributed by atoms with Crippen molar-refractivity contribution in [2.24, 2.45) is 0 Å². The van der Waals surface area contributed by atoms with Crippen LogP contribution in [-0.4, -0.2) is 27.8 Å². The molecule has 2 atom stereocenters. The van der Waals surface area contributed by atoms with Gasteiger partial charge in [0.1, 0.15) is 17.5 Å². The Morgan fingerprint density at radius 3 is 2.31 bits per heavy atom. The Labute approximate surface area is 148 Å². The first-order valence-corrected chi connectivity index (χ1v) is 8.40. The third-order valence-corrected chi connectivity index (χ3v) is 4.56. The molecule has 6 nitrogen and oxygen atoms in total. The molecule has 2 N–H and O–H groups in total. The second-order valence-electron chi connectivity index (χ2n) is 6.62. The number of nitrogens with one attached hydrogen (secondary N) is 2. The summed E-state index contributed by atoms with van der Waals surface area (Å²) in [6.45, 7) is 0. The zero-order valence-corrected chi connectivity index (χ0v) is 13.7. The van der Waals surface area contributed by atoms with Crippen molar-refractivity contribution in [1.82, 2.24) is 15.3 Å². The average Bonchev–Trinajstić information content (AvgIpc) is 3.51. The highest BCUT2D eigenvalue weighted by molar-refractivity contribution is 6.39. The van der Waals surface area contributed by atoms with Gasteiger partial charge in [-0.05, 0) is 31.4 Å². The molecule has 26 heavy (non-hydrogen) atoms. The van der Waals surface area contributed by atoms with E-state index in [1.54, 1.807) is 0 Å². The molecule has 0 unspecified atom stereocenters. The van der Waals surface area contributed by atoms with Crippen molar-refractivity contribution < 1.29 is 18.4 Å². The molecule has 0 spiro atoms. The SMILES string of the molecule is O=C(Nc1cnc(C2CC2)nc1)C(=O)N[C@@H]1C[C@H]1c1c(F)cccc1F. The number of amides is 2. The summed E-state index contributed by atoms with van der Waals surface area (Å²) >= 11 is 0. The fraction of sp³-hybridized carbons (Fsp3) is 0.333. The van der Waals surface area contributed by atoms with Crippen LogP contribution < -0.4 is 10.6 Å². The summed E-state index contributed by atoms with van der Waals surface area (Å²) in [4.78, 5) is 32.2. The van der Waals surface area contributed by atoms with Gasteiger partial charge in [0.25, 0.3) is 0 Å². The molecule has 2 amide bonds. The number of anilines is 1. The highest BCUT2D eigenvalue weighted by atomic mass is 19.1. The molecule has 1 aromatic carbocycles. The van der Waals surface area contributed by atoms with Crippen LogP contribution in [0.4, 0.5) is 14.5 Å². The first-order valence-electron chi connectivity index (χ1n) is 8.40. The molecule has 1 aromatic heterocycles. The lowest BCUT2D eigenvalue weighted by atomic mass is 10.1. The Balaban J connectivity index is 1.33. The Kier molecular flexibility index (Phi) is 4.10. The number of carbonyl (C=O) groups is 2. The van der Waals surface area contributed by atoms with Crippen LogP contribution in [0.5, 0.6) is 0 Å². The molecule has 4 rings (SSSR count). The average molecular weight is 358 g/mol. The minimum atomic E-state index is -0.868. The van der Waals surface area contributed by atoms with E-state index in [1.807, 2.05) is 0 Å². The summed E-state index contributed by atoms with van der Waals surface area (Å²) in [5.41, 5.74) is 0.268. The van der Waals surface area contributed by atoms with Crippen molar-refractivity contribution in [3.8, 4) is 0 Å². The van der Waals surface area contributed by atoms with Gasteiger partial charge in [-0.3, -0.25) is 9.59 Å². The van der Waals surface area contributed by atoms with Gasteiger partial charge in [0.05, 0.1) is 18.1 Å².